The zero-order valence-corrected chi connectivity index (χ0v) is 15.1. The molecule has 0 unspecified atom stereocenters. The van der Waals surface area contributed by atoms with Crippen LogP contribution in [0.4, 0.5) is 0 Å². The molecular formula is C23H23NO3. The summed E-state index contributed by atoms with van der Waals surface area (Å²) in [5, 5.41) is 23.1. The minimum Gasteiger partial charge on any atom is -0.480 e. The molecule has 3 aromatic rings. The van der Waals surface area contributed by atoms with E-state index in [2.05, 4.69) is 5.32 Å². The van der Waals surface area contributed by atoms with Crippen molar-refractivity contribution in [2.45, 2.75) is 24.6 Å². The summed E-state index contributed by atoms with van der Waals surface area (Å²) in [6, 6.07) is 28.0. The summed E-state index contributed by atoms with van der Waals surface area (Å²) in [6.07, 6.45) is -1.07. The molecule has 0 aliphatic heterocycles. The van der Waals surface area contributed by atoms with Crippen molar-refractivity contribution >= 4 is 5.97 Å². The summed E-state index contributed by atoms with van der Waals surface area (Å²) in [5.74, 6) is -1.10. The first-order valence-corrected chi connectivity index (χ1v) is 8.91. The van der Waals surface area contributed by atoms with Crippen LogP contribution < -0.4 is 5.32 Å². The van der Waals surface area contributed by atoms with Crippen LogP contribution in [0.2, 0.25) is 0 Å². The standard InChI is InChI=1S/C23H23NO3/c1-17(25)21(22(26)27)24-23(18-11-5-2-6-12-18,19-13-7-3-8-14-19)20-15-9-4-10-16-20/h2-17,21,24-25H,1H3,(H,26,27)/t17-,21+/m1/s1. The first-order chi connectivity index (χ1) is 13.1. The van der Waals surface area contributed by atoms with Gasteiger partial charge in [-0.2, -0.15) is 0 Å². The summed E-state index contributed by atoms with van der Waals surface area (Å²) in [5.41, 5.74) is 1.77. The molecule has 2 atom stereocenters. The Morgan fingerprint density at radius 1 is 0.778 bits per heavy atom. The van der Waals surface area contributed by atoms with Crippen LogP contribution in [-0.2, 0) is 10.3 Å². The van der Waals surface area contributed by atoms with Gasteiger partial charge >= 0.3 is 5.97 Å². The van der Waals surface area contributed by atoms with Gasteiger partial charge in [0.25, 0.3) is 0 Å². The maximum atomic E-state index is 11.9. The quantitative estimate of drug-likeness (QED) is 0.564. The number of rotatable bonds is 7. The molecule has 0 spiro atoms. The molecular weight excluding hydrogens is 338 g/mol. The number of nitrogens with one attached hydrogen (secondary N) is 1. The maximum Gasteiger partial charge on any atom is 0.323 e. The van der Waals surface area contributed by atoms with Gasteiger partial charge in [-0.3, -0.25) is 10.1 Å². The van der Waals surface area contributed by atoms with Gasteiger partial charge in [0.1, 0.15) is 6.04 Å². The van der Waals surface area contributed by atoms with Gasteiger partial charge in [-0.1, -0.05) is 91.0 Å². The second-order valence-electron chi connectivity index (χ2n) is 6.55. The van der Waals surface area contributed by atoms with Crippen molar-refractivity contribution in [3.63, 3.8) is 0 Å². The summed E-state index contributed by atoms with van der Waals surface area (Å²) >= 11 is 0. The normalized spacial score (nSPS) is 13.7. The van der Waals surface area contributed by atoms with Gasteiger partial charge < -0.3 is 10.2 Å². The average Bonchev–Trinajstić information content (AvgIpc) is 2.70. The zero-order valence-electron chi connectivity index (χ0n) is 15.1. The van der Waals surface area contributed by atoms with E-state index in [1.807, 2.05) is 91.0 Å². The zero-order chi connectivity index (χ0) is 19.3. The molecule has 3 aromatic carbocycles. The Morgan fingerprint density at radius 3 is 1.37 bits per heavy atom. The summed E-state index contributed by atoms with van der Waals surface area (Å²) in [7, 11) is 0. The van der Waals surface area contributed by atoms with Crippen molar-refractivity contribution in [1.82, 2.24) is 5.32 Å². The highest BCUT2D eigenvalue weighted by Gasteiger charge is 2.41. The average molecular weight is 361 g/mol. The molecule has 4 heteroatoms. The van der Waals surface area contributed by atoms with Gasteiger partial charge in [-0.25, -0.2) is 0 Å². The predicted molar refractivity (Wildman–Crippen MR) is 105 cm³/mol. The molecule has 0 amide bonds. The lowest BCUT2D eigenvalue weighted by Crippen LogP contribution is -2.56. The maximum absolute atomic E-state index is 11.9. The second-order valence-corrected chi connectivity index (χ2v) is 6.55. The third-order valence-electron chi connectivity index (χ3n) is 4.74. The van der Waals surface area contributed by atoms with E-state index < -0.39 is 23.7 Å². The van der Waals surface area contributed by atoms with Gasteiger partial charge in [0, 0.05) is 0 Å². The minimum atomic E-state index is -1.15. The predicted octanol–water partition coefficient (Wildman–Crippen LogP) is 3.40. The van der Waals surface area contributed by atoms with E-state index in [1.165, 1.54) is 6.92 Å². The highest BCUT2D eigenvalue weighted by Crippen LogP contribution is 2.37. The molecule has 3 rings (SSSR count). The van der Waals surface area contributed by atoms with Gasteiger partial charge in [0.2, 0.25) is 0 Å². The Balaban J connectivity index is 2.30. The van der Waals surface area contributed by atoms with Crippen LogP contribution in [0, 0.1) is 0 Å². The van der Waals surface area contributed by atoms with Gasteiger partial charge in [0.05, 0.1) is 11.6 Å². The highest BCUT2D eigenvalue weighted by atomic mass is 16.4. The Labute approximate surface area is 159 Å². The third-order valence-corrected chi connectivity index (χ3v) is 4.74. The van der Waals surface area contributed by atoms with Crippen molar-refractivity contribution in [1.29, 1.82) is 0 Å². The van der Waals surface area contributed by atoms with Crippen molar-refractivity contribution in [2.75, 3.05) is 0 Å². The Kier molecular flexibility index (Phi) is 5.69. The number of hydrogen-bond acceptors (Lipinski definition) is 3. The van der Waals surface area contributed by atoms with Crippen LogP contribution in [0.25, 0.3) is 0 Å². The molecule has 3 N–H and O–H groups in total. The molecule has 0 bridgehead atoms. The van der Waals surface area contributed by atoms with Gasteiger partial charge in [-0.05, 0) is 23.6 Å². The lowest BCUT2D eigenvalue weighted by Gasteiger charge is -2.39. The summed E-state index contributed by atoms with van der Waals surface area (Å²) < 4.78 is 0. The topological polar surface area (TPSA) is 69.6 Å². The van der Waals surface area contributed by atoms with Gasteiger partial charge in [-0.15, -0.1) is 0 Å². The fourth-order valence-corrected chi connectivity index (χ4v) is 3.44. The van der Waals surface area contributed by atoms with E-state index >= 15 is 0 Å². The molecule has 0 aliphatic rings. The Morgan fingerprint density at radius 2 is 1.11 bits per heavy atom. The molecule has 0 saturated carbocycles. The van der Waals surface area contributed by atoms with Crippen LogP contribution in [-0.4, -0.2) is 28.3 Å². The summed E-state index contributed by atoms with van der Waals surface area (Å²) in [4.78, 5) is 11.9. The van der Waals surface area contributed by atoms with Crippen LogP contribution in [0.3, 0.4) is 0 Å². The van der Waals surface area contributed by atoms with Gasteiger partial charge in [0.15, 0.2) is 0 Å². The molecule has 0 radical (unpaired) electrons. The first kappa shape index (κ1) is 18.8. The minimum absolute atomic E-state index is 0.898. The Hall–Kier alpha value is -2.95. The van der Waals surface area contributed by atoms with Crippen LogP contribution in [0.15, 0.2) is 91.0 Å². The molecule has 138 valence electrons. The van der Waals surface area contributed by atoms with Crippen molar-refractivity contribution in [3.8, 4) is 0 Å². The smallest absolute Gasteiger partial charge is 0.323 e. The van der Waals surface area contributed by atoms with E-state index in [4.69, 9.17) is 0 Å². The Bertz CT molecular complexity index is 767. The molecule has 0 fully saturated rings. The van der Waals surface area contributed by atoms with Crippen molar-refractivity contribution in [3.05, 3.63) is 108 Å². The number of carboxylic acids is 1. The number of aliphatic hydroxyl groups is 1. The fourth-order valence-electron chi connectivity index (χ4n) is 3.44. The lowest BCUT2D eigenvalue weighted by molar-refractivity contribution is -0.142. The highest BCUT2D eigenvalue weighted by molar-refractivity contribution is 5.75. The molecule has 0 heterocycles. The molecule has 4 nitrogen and oxygen atoms in total. The summed E-state index contributed by atoms with van der Waals surface area (Å²) in [6.45, 7) is 1.48. The molecule has 27 heavy (non-hydrogen) atoms. The fraction of sp³-hybridized carbons (Fsp3) is 0.174. The first-order valence-electron chi connectivity index (χ1n) is 8.91. The number of aliphatic carboxylic acids is 1. The van der Waals surface area contributed by atoms with E-state index in [0.717, 1.165) is 16.7 Å². The lowest BCUT2D eigenvalue weighted by atomic mass is 9.76. The van der Waals surface area contributed by atoms with E-state index in [0.29, 0.717) is 0 Å². The number of benzene rings is 3. The molecule has 0 saturated heterocycles. The van der Waals surface area contributed by atoms with Crippen LogP contribution in [0.1, 0.15) is 23.6 Å². The third kappa shape index (κ3) is 3.77. The number of carbonyl (C=O) groups is 1. The number of aliphatic hydroxyl groups excluding tert-OH is 1. The van der Waals surface area contributed by atoms with Crippen LogP contribution in [0.5, 0.6) is 0 Å². The van der Waals surface area contributed by atoms with Crippen molar-refractivity contribution < 1.29 is 15.0 Å². The second kappa shape index (κ2) is 8.16. The molecule has 0 aliphatic carbocycles. The van der Waals surface area contributed by atoms with Crippen LogP contribution >= 0.6 is 0 Å². The van der Waals surface area contributed by atoms with Crippen molar-refractivity contribution in [2.24, 2.45) is 0 Å². The SMILES string of the molecule is C[C@@H](O)[C@H](NC(c1ccccc1)(c1ccccc1)c1ccccc1)C(=O)O. The van der Waals surface area contributed by atoms with E-state index in [-0.39, 0.29) is 0 Å². The molecule has 0 aromatic heterocycles. The number of carboxylic acid groups (broad SMARTS) is 1. The monoisotopic (exact) mass is 361 g/mol. The largest absolute Gasteiger partial charge is 0.480 e. The number of hydrogen-bond donors (Lipinski definition) is 3. The van der Waals surface area contributed by atoms with E-state index in [9.17, 15) is 15.0 Å². The van der Waals surface area contributed by atoms with E-state index in [1.54, 1.807) is 0 Å².